The summed E-state index contributed by atoms with van der Waals surface area (Å²) in [5.74, 6) is 0. The number of aliphatic hydroxyl groups is 2. The van der Waals surface area contributed by atoms with Crippen LogP contribution in [0.25, 0.3) is 0 Å². The molecule has 1 atom stereocenters. The van der Waals surface area contributed by atoms with Crippen LogP contribution in [0.15, 0.2) is 12.7 Å². The quantitative estimate of drug-likeness (QED) is 0.406. The van der Waals surface area contributed by atoms with E-state index in [-0.39, 0.29) is 0 Å². The summed E-state index contributed by atoms with van der Waals surface area (Å²) in [7, 11) is 0. The van der Waals surface area contributed by atoms with E-state index in [1.165, 1.54) is 12.8 Å². The first-order valence-corrected chi connectivity index (χ1v) is 7.20. The van der Waals surface area contributed by atoms with Crippen molar-refractivity contribution in [3.8, 4) is 0 Å². The summed E-state index contributed by atoms with van der Waals surface area (Å²) in [6.07, 6.45) is 12.6. The minimum absolute atomic E-state index is 0.524. The van der Waals surface area contributed by atoms with Gasteiger partial charge in [0, 0.05) is 0 Å². The average molecular weight is 240 g/mol. The van der Waals surface area contributed by atoms with Gasteiger partial charge in [0.25, 0.3) is 0 Å². The van der Waals surface area contributed by atoms with Crippen molar-refractivity contribution in [3.05, 3.63) is 12.7 Å². The largest absolute Gasteiger partial charge is 0.390 e. The van der Waals surface area contributed by atoms with Crippen LogP contribution in [-0.2, 0) is 0 Å². The number of unbranched alkanes of at least 4 members (excludes halogenated alkanes) is 3. The molecule has 0 aromatic heterocycles. The van der Waals surface area contributed by atoms with E-state index in [4.69, 9.17) is 0 Å². The van der Waals surface area contributed by atoms with Crippen LogP contribution in [-0.4, -0.2) is 21.9 Å². The summed E-state index contributed by atoms with van der Waals surface area (Å²) in [6.45, 7) is 3.70. The molecule has 0 aliphatic heterocycles. The molecule has 0 saturated heterocycles. The fraction of sp³-hybridized carbons (Fsp3) is 0.867. The zero-order valence-corrected chi connectivity index (χ0v) is 11.0. The van der Waals surface area contributed by atoms with E-state index in [1.807, 2.05) is 6.08 Å². The lowest BCUT2D eigenvalue weighted by molar-refractivity contribution is -0.0880. The van der Waals surface area contributed by atoms with Crippen LogP contribution in [0.2, 0.25) is 0 Å². The zero-order valence-electron chi connectivity index (χ0n) is 11.0. The molecule has 100 valence electrons. The Labute approximate surface area is 106 Å². The Hall–Kier alpha value is -0.340. The molecule has 1 aliphatic carbocycles. The first kappa shape index (κ1) is 14.7. The molecule has 1 rings (SSSR count). The van der Waals surface area contributed by atoms with Crippen molar-refractivity contribution in [2.75, 3.05) is 0 Å². The maximum absolute atomic E-state index is 10.5. The standard InChI is InChI=1S/C15H28O2/c1-2-3-4-5-8-11-14(16)15(17)12-9-6-7-10-13-15/h2,14,16-17H,1,3-13H2. The summed E-state index contributed by atoms with van der Waals surface area (Å²) in [6, 6.07) is 0. The monoisotopic (exact) mass is 240 g/mol. The van der Waals surface area contributed by atoms with Crippen molar-refractivity contribution >= 4 is 0 Å². The Morgan fingerprint density at radius 3 is 2.29 bits per heavy atom. The molecule has 0 aromatic rings. The predicted octanol–water partition coefficient (Wildman–Crippen LogP) is 3.57. The Morgan fingerprint density at radius 2 is 1.71 bits per heavy atom. The first-order chi connectivity index (χ1) is 8.19. The number of rotatable bonds is 7. The van der Waals surface area contributed by atoms with Gasteiger partial charge in [-0.3, -0.25) is 0 Å². The topological polar surface area (TPSA) is 40.5 Å². The van der Waals surface area contributed by atoms with Crippen LogP contribution >= 0.6 is 0 Å². The van der Waals surface area contributed by atoms with Crippen molar-refractivity contribution in [2.45, 2.75) is 82.3 Å². The van der Waals surface area contributed by atoms with Gasteiger partial charge in [-0.05, 0) is 32.1 Å². The van der Waals surface area contributed by atoms with E-state index in [0.29, 0.717) is 0 Å². The number of allylic oxidation sites excluding steroid dienone is 1. The third-order valence-electron chi connectivity index (χ3n) is 3.98. The molecule has 0 amide bonds. The van der Waals surface area contributed by atoms with Crippen LogP contribution < -0.4 is 0 Å². The van der Waals surface area contributed by atoms with E-state index >= 15 is 0 Å². The van der Waals surface area contributed by atoms with Gasteiger partial charge in [0.05, 0.1) is 11.7 Å². The summed E-state index contributed by atoms with van der Waals surface area (Å²) in [5.41, 5.74) is -0.797. The Balaban J connectivity index is 2.24. The number of hydrogen-bond acceptors (Lipinski definition) is 2. The molecular weight excluding hydrogens is 212 g/mol. The normalized spacial score (nSPS) is 21.8. The maximum atomic E-state index is 10.5. The molecule has 1 aliphatic rings. The first-order valence-electron chi connectivity index (χ1n) is 7.20. The Bertz CT molecular complexity index is 205. The summed E-state index contributed by atoms with van der Waals surface area (Å²) >= 11 is 0. The molecule has 0 heterocycles. The van der Waals surface area contributed by atoms with Crippen molar-refractivity contribution in [1.29, 1.82) is 0 Å². The maximum Gasteiger partial charge on any atom is 0.0905 e. The molecule has 1 unspecified atom stereocenters. The highest BCUT2D eigenvalue weighted by Gasteiger charge is 2.35. The Kier molecular flexibility index (Phi) is 6.83. The van der Waals surface area contributed by atoms with Crippen LogP contribution in [0.3, 0.4) is 0 Å². The van der Waals surface area contributed by atoms with Gasteiger partial charge in [-0.2, -0.15) is 0 Å². The minimum atomic E-state index is -0.797. The number of aliphatic hydroxyl groups excluding tert-OH is 1. The van der Waals surface area contributed by atoms with Crippen molar-refractivity contribution in [2.24, 2.45) is 0 Å². The second-order valence-electron chi connectivity index (χ2n) is 5.46. The van der Waals surface area contributed by atoms with Crippen LogP contribution in [0, 0.1) is 0 Å². The van der Waals surface area contributed by atoms with Crippen LogP contribution in [0.1, 0.15) is 70.6 Å². The Morgan fingerprint density at radius 1 is 1.06 bits per heavy atom. The summed E-state index contributed by atoms with van der Waals surface area (Å²) < 4.78 is 0. The smallest absolute Gasteiger partial charge is 0.0905 e. The molecule has 2 nitrogen and oxygen atoms in total. The predicted molar refractivity (Wildman–Crippen MR) is 71.9 cm³/mol. The van der Waals surface area contributed by atoms with Crippen LogP contribution in [0.4, 0.5) is 0 Å². The lowest BCUT2D eigenvalue weighted by Crippen LogP contribution is -2.41. The molecule has 2 heteroatoms. The highest BCUT2D eigenvalue weighted by Crippen LogP contribution is 2.31. The lowest BCUT2D eigenvalue weighted by Gasteiger charge is -2.32. The molecule has 17 heavy (non-hydrogen) atoms. The van der Waals surface area contributed by atoms with Crippen molar-refractivity contribution in [3.63, 3.8) is 0 Å². The van der Waals surface area contributed by atoms with E-state index in [9.17, 15) is 10.2 Å². The van der Waals surface area contributed by atoms with Crippen molar-refractivity contribution < 1.29 is 10.2 Å². The third-order valence-corrected chi connectivity index (χ3v) is 3.98. The van der Waals surface area contributed by atoms with Gasteiger partial charge < -0.3 is 10.2 Å². The van der Waals surface area contributed by atoms with Gasteiger partial charge in [-0.15, -0.1) is 6.58 Å². The SMILES string of the molecule is C=CCCCCCC(O)C1(O)CCCCCC1. The number of hydrogen-bond donors (Lipinski definition) is 2. The fourth-order valence-electron chi connectivity index (χ4n) is 2.75. The molecule has 0 aromatic carbocycles. The van der Waals surface area contributed by atoms with E-state index in [0.717, 1.165) is 57.8 Å². The van der Waals surface area contributed by atoms with Gasteiger partial charge in [-0.1, -0.05) is 44.6 Å². The molecule has 1 saturated carbocycles. The van der Waals surface area contributed by atoms with Crippen LogP contribution in [0.5, 0.6) is 0 Å². The highest BCUT2D eigenvalue weighted by molar-refractivity contribution is 4.88. The molecule has 2 N–H and O–H groups in total. The average Bonchev–Trinajstić information content (AvgIpc) is 2.54. The summed E-state index contributed by atoms with van der Waals surface area (Å²) in [5, 5.41) is 20.6. The van der Waals surface area contributed by atoms with Gasteiger partial charge in [0.15, 0.2) is 0 Å². The summed E-state index contributed by atoms with van der Waals surface area (Å²) in [4.78, 5) is 0. The molecular formula is C15H28O2. The highest BCUT2D eigenvalue weighted by atomic mass is 16.3. The second-order valence-corrected chi connectivity index (χ2v) is 5.46. The van der Waals surface area contributed by atoms with Gasteiger partial charge in [0.2, 0.25) is 0 Å². The van der Waals surface area contributed by atoms with Gasteiger partial charge in [0.1, 0.15) is 0 Å². The van der Waals surface area contributed by atoms with Gasteiger partial charge >= 0.3 is 0 Å². The second kappa shape index (κ2) is 7.88. The zero-order chi connectivity index (χ0) is 12.6. The lowest BCUT2D eigenvalue weighted by atomic mass is 9.85. The van der Waals surface area contributed by atoms with Gasteiger partial charge in [-0.25, -0.2) is 0 Å². The molecule has 1 fully saturated rings. The minimum Gasteiger partial charge on any atom is -0.390 e. The van der Waals surface area contributed by atoms with Crippen molar-refractivity contribution in [1.82, 2.24) is 0 Å². The molecule has 0 spiro atoms. The fourth-order valence-corrected chi connectivity index (χ4v) is 2.75. The van der Waals surface area contributed by atoms with E-state index in [2.05, 4.69) is 6.58 Å². The molecule has 0 bridgehead atoms. The third kappa shape index (κ3) is 5.22. The van der Waals surface area contributed by atoms with E-state index in [1.54, 1.807) is 0 Å². The molecule has 0 radical (unpaired) electrons. The van der Waals surface area contributed by atoms with E-state index < -0.39 is 11.7 Å².